The molecule has 3 N–H and O–H groups in total. The lowest BCUT2D eigenvalue weighted by Crippen LogP contribution is -2.05. The first-order valence-corrected chi connectivity index (χ1v) is 5.47. The van der Waals surface area contributed by atoms with E-state index in [-0.39, 0.29) is 12.0 Å². The third kappa shape index (κ3) is 2.47. The van der Waals surface area contributed by atoms with Gasteiger partial charge in [0.2, 0.25) is 11.9 Å². The summed E-state index contributed by atoms with van der Waals surface area (Å²) in [5.74, 6) is 0.438. The summed E-state index contributed by atoms with van der Waals surface area (Å²) in [5.41, 5.74) is 7.33. The number of hydrogen-bond donors (Lipinski definition) is 2. The van der Waals surface area contributed by atoms with Gasteiger partial charge in [0.05, 0.1) is 18.5 Å². The van der Waals surface area contributed by atoms with Crippen LogP contribution in [-0.4, -0.2) is 31.8 Å². The van der Waals surface area contributed by atoms with E-state index in [0.717, 1.165) is 17.8 Å². The molecule has 2 rings (SSSR count). The zero-order valence-electron chi connectivity index (χ0n) is 10.5. The van der Waals surface area contributed by atoms with Crippen LogP contribution >= 0.6 is 0 Å². The second kappa shape index (κ2) is 4.86. The predicted octanol–water partition coefficient (Wildman–Crippen LogP) is 0.502. The van der Waals surface area contributed by atoms with E-state index >= 15 is 0 Å². The second-order valence-electron chi connectivity index (χ2n) is 3.65. The van der Waals surface area contributed by atoms with Crippen molar-refractivity contribution in [2.45, 2.75) is 13.3 Å². The molecule has 0 bridgehead atoms. The van der Waals surface area contributed by atoms with Crippen LogP contribution in [0.15, 0.2) is 6.20 Å². The summed E-state index contributed by atoms with van der Waals surface area (Å²) in [7, 11) is 3.33. The molecular weight excluding hydrogens is 234 g/mol. The third-order valence-electron chi connectivity index (χ3n) is 2.30. The summed E-state index contributed by atoms with van der Waals surface area (Å²) in [6.45, 7) is 2.02. The number of hydrogen-bond acceptors (Lipinski definition) is 7. The van der Waals surface area contributed by atoms with Gasteiger partial charge in [0.15, 0.2) is 0 Å². The first-order chi connectivity index (χ1) is 8.62. The highest BCUT2D eigenvalue weighted by Gasteiger charge is 2.09. The SMILES string of the molecule is CCc1nn(C)cc1Nc1nc(N)nc(OC)n1. The van der Waals surface area contributed by atoms with Gasteiger partial charge in [-0.15, -0.1) is 0 Å². The standard InChI is InChI=1S/C10H15N7O/c1-4-6-7(5-17(2)16-6)12-9-13-8(11)14-10(15-9)18-3/h5H,4H2,1-3H3,(H3,11,12,13,14,15). The molecule has 2 heterocycles. The molecule has 0 aliphatic carbocycles. The topological polar surface area (TPSA) is 104 Å². The van der Waals surface area contributed by atoms with E-state index in [1.54, 1.807) is 4.68 Å². The van der Waals surface area contributed by atoms with Crippen molar-refractivity contribution in [2.75, 3.05) is 18.2 Å². The van der Waals surface area contributed by atoms with Gasteiger partial charge in [-0.3, -0.25) is 4.68 Å². The third-order valence-corrected chi connectivity index (χ3v) is 2.30. The average molecular weight is 249 g/mol. The molecular formula is C10H15N7O. The van der Waals surface area contributed by atoms with Crippen molar-refractivity contribution >= 4 is 17.6 Å². The van der Waals surface area contributed by atoms with Gasteiger partial charge in [-0.25, -0.2) is 0 Å². The summed E-state index contributed by atoms with van der Waals surface area (Å²) in [6, 6.07) is 0.173. The molecule has 0 spiro atoms. The van der Waals surface area contributed by atoms with E-state index in [4.69, 9.17) is 10.5 Å². The number of aromatic nitrogens is 5. The van der Waals surface area contributed by atoms with Crippen molar-refractivity contribution < 1.29 is 4.74 Å². The number of methoxy groups -OCH3 is 1. The molecule has 0 fully saturated rings. The minimum atomic E-state index is 0.103. The van der Waals surface area contributed by atoms with Crippen molar-refractivity contribution in [3.63, 3.8) is 0 Å². The number of nitrogens with zero attached hydrogens (tertiary/aromatic N) is 5. The number of nitrogens with one attached hydrogen (secondary N) is 1. The van der Waals surface area contributed by atoms with Gasteiger partial charge in [0, 0.05) is 13.2 Å². The number of ether oxygens (including phenoxy) is 1. The summed E-state index contributed by atoms with van der Waals surface area (Å²) in [5, 5.41) is 7.37. The lowest BCUT2D eigenvalue weighted by molar-refractivity contribution is 0.380. The van der Waals surface area contributed by atoms with Crippen LogP contribution in [0.1, 0.15) is 12.6 Å². The molecule has 8 heteroatoms. The molecule has 0 aromatic carbocycles. The van der Waals surface area contributed by atoms with Crippen molar-refractivity contribution in [3.8, 4) is 6.01 Å². The first kappa shape index (κ1) is 12.1. The van der Waals surface area contributed by atoms with Crippen LogP contribution in [0.2, 0.25) is 0 Å². The quantitative estimate of drug-likeness (QED) is 0.813. The Hall–Kier alpha value is -2.38. The van der Waals surface area contributed by atoms with E-state index in [9.17, 15) is 0 Å². The summed E-state index contributed by atoms with van der Waals surface area (Å²) in [6.07, 6.45) is 2.66. The van der Waals surface area contributed by atoms with Crippen molar-refractivity contribution in [1.29, 1.82) is 0 Å². The highest BCUT2D eigenvalue weighted by atomic mass is 16.5. The molecule has 2 aromatic rings. The van der Waals surface area contributed by atoms with Crippen LogP contribution in [0.5, 0.6) is 6.01 Å². The van der Waals surface area contributed by atoms with E-state index in [0.29, 0.717) is 5.95 Å². The summed E-state index contributed by atoms with van der Waals surface area (Å²) in [4.78, 5) is 11.9. The minimum Gasteiger partial charge on any atom is -0.467 e. The number of rotatable bonds is 4. The van der Waals surface area contributed by atoms with Crippen molar-refractivity contribution in [1.82, 2.24) is 24.7 Å². The van der Waals surface area contributed by atoms with Gasteiger partial charge in [0.1, 0.15) is 0 Å². The predicted molar refractivity (Wildman–Crippen MR) is 66.7 cm³/mol. The molecule has 0 unspecified atom stereocenters. The highest BCUT2D eigenvalue weighted by Crippen LogP contribution is 2.19. The van der Waals surface area contributed by atoms with E-state index in [1.807, 2.05) is 20.2 Å². The fraction of sp³-hybridized carbons (Fsp3) is 0.400. The Bertz CT molecular complexity index is 551. The molecule has 0 saturated heterocycles. The van der Waals surface area contributed by atoms with Crippen molar-refractivity contribution in [2.24, 2.45) is 7.05 Å². The Labute approximate surface area is 104 Å². The molecule has 0 saturated carbocycles. The highest BCUT2D eigenvalue weighted by molar-refractivity contribution is 5.56. The van der Waals surface area contributed by atoms with E-state index in [2.05, 4.69) is 25.4 Å². The monoisotopic (exact) mass is 249 g/mol. The Morgan fingerprint density at radius 3 is 2.83 bits per heavy atom. The van der Waals surface area contributed by atoms with Crippen LogP contribution < -0.4 is 15.8 Å². The molecule has 0 radical (unpaired) electrons. The Balaban J connectivity index is 2.30. The van der Waals surface area contributed by atoms with Crippen LogP contribution in [-0.2, 0) is 13.5 Å². The van der Waals surface area contributed by atoms with Crippen LogP contribution in [0.3, 0.4) is 0 Å². The molecule has 2 aromatic heterocycles. The Morgan fingerprint density at radius 2 is 2.17 bits per heavy atom. The van der Waals surface area contributed by atoms with Gasteiger partial charge in [-0.05, 0) is 6.42 Å². The maximum Gasteiger partial charge on any atom is 0.322 e. The summed E-state index contributed by atoms with van der Waals surface area (Å²) >= 11 is 0. The lowest BCUT2D eigenvalue weighted by atomic mass is 10.3. The fourth-order valence-corrected chi connectivity index (χ4v) is 1.54. The van der Waals surface area contributed by atoms with Gasteiger partial charge >= 0.3 is 6.01 Å². The molecule has 0 amide bonds. The molecule has 0 atom stereocenters. The number of aryl methyl sites for hydroxylation is 2. The summed E-state index contributed by atoms with van der Waals surface area (Å²) < 4.78 is 6.66. The van der Waals surface area contributed by atoms with Crippen LogP contribution in [0, 0.1) is 0 Å². The lowest BCUT2D eigenvalue weighted by Gasteiger charge is -2.05. The zero-order valence-corrected chi connectivity index (χ0v) is 10.5. The maximum atomic E-state index is 5.56. The van der Waals surface area contributed by atoms with E-state index in [1.165, 1.54) is 7.11 Å². The van der Waals surface area contributed by atoms with Gasteiger partial charge in [0.25, 0.3) is 0 Å². The molecule has 8 nitrogen and oxygen atoms in total. The van der Waals surface area contributed by atoms with Gasteiger partial charge < -0.3 is 15.8 Å². The van der Waals surface area contributed by atoms with E-state index < -0.39 is 0 Å². The van der Waals surface area contributed by atoms with Crippen LogP contribution in [0.25, 0.3) is 0 Å². The average Bonchev–Trinajstić information content (AvgIpc) is 2.68. The number of anilines is 3. The minimum absolute atomic E-state index is 0.103. The van der Waals surface area contributed by atoms with Crippen molar-refractivity contribution in [3.05, 3.63) is 11.9 Å². The normalized spacial score (nSPS) is 10.4. The van der Waals surface area contributed by atoms with Gasteiger partial charge in [-0.2, -0.15) is 20.1 Å². The Kier molecular flexibility index (Phi) is 3.26. The largest absolute Gasteiger partial charge is 0.467 e. The maximum absolute atomic E-state index is 5.56. The first-order valence-electron chi connectivity index (χ1n) is 5.47. The zero-order chi connectivity index (χ0) is 13.1. The number of nitrogens with two attached hydrogens (primary N) is 1. The molecule has 96 valence electrons. The molecule has 0 aliphatic heterocycles. The Morgan fingerprint density at radius 1 is 1.39 bits per heavy atom. The van der Waals surface area contributed by atoms with Gasteiger partial charge in [-0.1, -0.05) is 6.92 Å². The molecule has 0 aliphatic rings. The molecule has 18 heavy (non-hydrogen) atoms. The second-order valence-corrected chi connectivity index (χ2v) is 3.65. The smallest absolute Gasteiger partial charge is 0.322 e. The van der Waals surface area contributed by atoms with Crippen LogP contribution in [0.4, 0.5) is 17.6 Å². The number of nitrogen functional groups attached to an aromatic ring is 1. The fourth-order valence-electron chi connectivity index (χ4n) is 1.54.